The van der Waals surface area contributed by atoms with Crippen molar-refractivity contribution >= 4 is 9.84 Å². The summed E-state index contributed by atoms with van der Waals surface area (Å²) in [5, 5.41) is 4.02. The molecule has 0 radical (unpaired) electrons. The molecule has 0 spiro atoms. The summed E-state index contributed by atoms with van der Waals surface area (Å²) in [6.07, 6.45) is -3.37. The van der Waals surface area contributed by atoms with Gasteiger partial charge in [-0.05, 0) is 31.2 Å². The van der Waals surface area contributed by atoms with Gasteiger partial charge in [-0.2, -0.15) is 18.3 Å². The SMILES string of the molecule is Cc1nc(CS(C)(=O)=O)n(-c2ccc(C(F)(F)F)cc2)n1. The van der Waals surface area contributed by atoms with Crippen LogP contribution in [0.15, 0.2) is 24.3 Å². The zero-order chi connectivity index (χ0) is 15.8. The average molecular weight is 319 g/mol. The maximum atomic E-state index is 12.5. The number of benzene rings is 1. The minimum atomic E-state index is -4.42. The Morgan fingerprint density at radius 1 is 1.19 bits per heavy atom. The number of aryl methyl sites for hydroxylation is 1. The minimum Gasteiger partial charge on any atom is -0.229 e. The van der Waals surface area contributed by atoms with Gasteiger partial charge in [0.1, 0.15) is 17.4 Å². The normalized spacial score (nSPS) is 12.6. The molecule has 114 valence electrons. The number of sulfone groups is 1. The molecule has 21 heavy (non-hydrogen) atoms. The third kappa shape index (κ3) is 3.81. The molecule has 2 aromatic rings. The molecule has 0 fully saturated rings. The average Bonchev–Trinajstić information content (AvgIpc) is 2.67. The summed E-state index contributed by atoms with van der Waals surface area (Å²) in [6, 6.07) is 4.28. The Morgan fingerprint density at radius 2 is 1.76 bits per heavy atom. The van der Waals surface area contributed by atoms with Crippen molar-refractivity contribution in [2.24, 2.45) is 0 Å². The maximum absolute atomic E-state index is 12.5. The highest BCUT2D eigenvalue weighted by Crippen LogP contribution is 2.29. The van der Waals surface area contributed by atoms with Gasteiger partial charge in [-0.15, -0.1) is 0 Å². The van der Waals surface area contributed by atoms with Crippen LogP contribution >= 0.6 is 0 Å². The van der Waals surface area contributed by atoms with E-state index in [0.29, 0.717) is 11.5 Å². The molecule has 0 saturated heterocycles. The molecule has 0 bridgehead atoms. The fourth-order valence-electron chi connectivity index (χ4n) is 1.79. The van der Waals surface area contributed by atoms with E-state index in [4.69, 9.17) is 0 Å². The van der Waals surface area contributed by atoms with Crippen molar-refractivity contribution in [2.45, 2.75) is 18.9 Å². The number of alkyl halides is 3. The standard InChI is InChI=1S/C12H12F3N3O2S/c1-8-16-11(7-21(2,19)20)18(17-8)10-5-3-9(4-6-10)12(13,14)15/h3-6H,7H2,1-2H3. The third-order valence-corrected chi connectivity index (χ3v) is 3.39. The quantitative estimate of drug-likeness (QED) is 0.869. The molecule has 1 aromatic carbocycles. The molecule has 0 aliphatic carbocycles. The molecular formula is C12H12F3N3O2S. The van der Waals surface area contributed by atoms with E-state index in [-0.39, 0.29) is 11.6 Å². The van der Waals surface area contributed by atoms with E-state index in [1.165, 1.54) is 16.8 Å². The highest BCUT2D eigenvalue weighted by Gasteiger charge is 2.30. The summed E-state index contributed by atoms with van der Waals surface area (Å²) in [4.78, 5) is 3.99. The van der Waals surface area contributed by atoms with Crippen molar-refractivity contribution in [3.63, 3.8) is 0 Å². The number of halogens is 3. The predicted molar refractivity (Wildman–Crippen MR) is 69.6 cm³/mol. The first-order chi connectivity index (χ1) is 9.56. The Labute approximate surface area is 119 Å². The first kappa shape index (κ1) is 15.5. The Balaban J connectivity index is 2.43. The third-order valence-electron chi connectivity index (χ3n) is 2.61. The molecule has 0 saturated carbocycles. The molecule has 0 atom stereocenters. The van der Waals surface area contributed by atoms with Crippen LogP contribution in [0.3, 0.4) is 0 Å². The first-order valence-electron chi connectivity index (χ1n) is 5.84. The molecule has 0 unspecified atom stereocenters. The number of hydrogen-bond acceptors (Lipinski definition) is 4. The van der Waals surface area contributed by atoms with Crippen molar-refractivity contribution in [3.8, 4) is 5.69 Å². The second kappa shape index (κ2) is 5.14. The lowest BCUT2D eigenvalue weighted by Gasteiger charge is -2.09. The summed E-state index contributed by atoms with van der Waals surface area (Å²) in [5.41, 5.74) is -0.463. The van der Waals surface area contributed by atoms with Crippen LogP contribution in [-0.2, 0) is 21.8 Å². The lowest BCUT2D eigenvalue weighted by Crippen LogP contribution is -2.10. The van der Waals surface area contributed by atoms with E-state index in [1.807, 2.05) is 0 Å². The van der Waals surface area contributed by atoms with E-state index in [2.05, 4.69) is 10.1 Å². The molecule has 1 heterocycles. The smallest absolute Gasteiger partial charge is 0.229 e. The second-order valence-corrected chi connectivity index (χ2v) is 6.74. The molecule has 5 nitrogen and oxygen atoms in total. The Hall–Kier alpha value is -1.90. The van der Waals surface area contributed by atoms with E-state index < -0.39 is 21.6 Å². The van der Waals surface area contributed by atoms with Crippen molar-refractivity contribution in [1.82, 2.24) is 14.8 Å². The molecule has 0 amide bonds. The molecule has 2 rings (SSSR count). The number of aromatic nitrogens is 3. The molecule has 0 aliphatic heterocycles. The summed E-state index contributed by atoms with van der Waals surface area (Å²) < 4.78 is 61.5. The van der Waals surface area contributed by atoms with Crippen LogP contribution < -0.4 is 0 Å². The van der Waals surface area contributed by atoms with Crippen molar-refractivity contribution in [3.05, 3.63) is 41.5 Å². The minimum absolute atomic E-state index is 0.162. The van der Waals surface area contributed by atoms with Gasteiger partial charge in [0.05, 0.1) is 11.3 Å². The van der Waals surface area contributed by atoms with Crippen LogP contribution in [0.5, 0.6) is 0 Å². The van der Waals surface area contributed by atoms with Crippen LogP contribution in [-0.4, -0.2) is 29.4 Å². The van der Waals surface area contributed by atoms with E-state index in [9.17, 15) is 21.6 Å². The molecular weight excluding hydrogens is 307 g/mol. The number of rotatable bonds is 3. The highest BCUT2D eigenvalue weighted by atomic mass is 32.2. The predicted octanol–water partition coefficient (Wildman–Crippen LogP) is 2.14. The van der Waals surface area contributed by atoms with Crippen LogP contribution in [0.25, 0.3) is 5.69 Å². The van der Waals surface area contributed by atoms with Gasteiger partial charge >= 0.3 is 6.18 Å². The number of hydrogen-bond donors (Lipinski definition) is 0. The molecule has 0 N–H and O–H groups in total. The maximum Gasteiger partial charge on any atom is 0.416 e. The second-order valence-electron chi connectivity index (χ2n) is 4.60. The van der Waals surface area contributed by atoms with Crippen LogP contribution in [0.4, 0.5) is 13.2 Å². The Kier molecular flexibility index (Phi) is 3.79. The van der Waals surface area contributed by atoms with Gasteiger partial charge in [-0.1, -0.05) is 0 Å². The van der Waals surface area contributed by atoms with Gasteiger partial charge in [0.2, 0.25) is 0 Å². The van der Waals surface area contributed by atoms with Gasteiger partial charge in [0.15, 0.2) is 9.84 Å². The van der Waals surface area contributed by atoms with E-state index in [1.54, 1.807) is 6.92 Å². The van der Waals surface area contributed by atoms with Crippen molar-refractivity contribution < 1.29 is 21.6 Å². The van der Waals surface area contributed by atoms with Crippen LogP contribution in [0.2, 0.25) is 0 Å². The molecule has 0 aliphatic rings. The van der Waals surface area contributed by atoms with E-state index in [0.717, 1.165) is 18.4 Å². The van der Waals surface area contributed by atoms with Crippen LogP contribution in [0.1, 0.15) is 17.2 Å². The summed E-state index contributed by atoms with van der Waals surface area (Å²) >= 11 is 0. The van der Waals surface area contributed by atoms with Gasteiger partial charge in [-0.3, -0.25) is 0 Å². The Bertz CT molecular complexity index is 749. The van der Waals surface area contributed by atoms with Gasteiger partial charge in [-0.25, -0.2) is 18.1 Å². The summed E-state index contributed by atoms with van der Waals surface area (Å²) in [6.45, 7) is 1.58. The zero-order valence-electron chi connectivity index (χ0n) is 11.2. The Morgan fingerprint density at radius 3 is 2.24 bits per heavy atom. The fourth-order valence-corrected chi connectivity index (χ4v) is 2.44. The number of nitrogens with zero attached hydrogens (tertiary/aromatic N) is 3. The lowest BCUT2D eigenvalue weighted by atomic mass is 10.2. The molecule has 9 heteroatoms. The highest BCUT2D eigenvalue weighted by molar-refractivity contribution is 7.89. The van der Waals surface area contributed by atoms with Crippen LogP contribution in [0, 0.1) is 6.92 Å². The lowest BCUT2D eigenvalue weighted by molar-refractivity contribution is -0.137. The topological polar surface area (TPSA) is 64.8 Å². The van der Waals surface area contributed by atoms with Gasteiger partial charge < -0.3 is 0 Å². The van der Waals surface area contributed by atoms with E-state index >= 15 is 0 Å². The molecule has 1 aromatic heterocycles. The summed E-state index contributed by atoms with van der Waals surface area (Å²) in [7, 11) is -3.33. The largest absolute Gasteiger partial charge is 0.416 e. The van der Waals surface area contributed by atoms with Crippen molar-refractivity contribution in [1.29, 1.82) is 0 Å². The van der Waals surface area contributed by atoms with Crippen molar-refractivity contribution in [2.75, 3.05) is 6.26 Å². The van der Waals surface area contributed by atoms with Gasteiger partial charge in [0, 0.05) is 6.26 Å². The zero-order valence-corrected chi connectivity index (χ0v) is 12.0. The fraction of sp³-hybridized carbons (Fsp3) is 0.333. The summed E-state index contributed by atoms with van der Waals surface area (Å²) in [5.74, 6) is 0.165. The van der Waals surface area contributed by atoms with Gasteiger partial charge in [0.25, 0.3) is 0 Å². The monoisotopic (exact) mass is 319 g/mol. The first-order valence-corrected chi connectivity index (χ1v) is 7.90.